The zero-order chi connectivity index (χ0) is 30.7. The van der Waals surface area contributed by atoms with E-state index in [1.165, 1.54) is 19.4 Å². The summed E-state index contributed by atoms with van der Waals surface area (Å²) in [4.78, 5) is 30.0. The normalized spacial score (nSPS) is 18.5. The van der Waals surface area contributed by atoms with Gasteiger partial charge in [-0.3, -0.25) is 19.4 Å². The third-order valence-corrected chi connectivity index (χ3v) is 10.6. The van der Waals surface area contributed by atoms with Gasteiger partial charge in [0.25, 0.3) is 0 Å². The molecule has 1 aromatic carbocycles. The van der Waals surface area contributed by atoms with E-state index in [0.717, 1.165) is 44.3 Å². The number of rotatable bonds is 11. The topological polar surface area (TPSA) is 127 Å². The first-order valence-electron chi connectivity index (χ1n) is 15.4. The molecule has 0 unspecified atom stereocenters. The molecule has 6 rings (SSSR count). The Morgan fingerprint density at radius 2 is 1.84 bits per heavy atom. The summed E-state index contributed by atoms with van der Waals surface area (Å²) in [6.45, 7) is 4.67. The van der Waals surface area contributed by atoms with Gasteiger partial charge < -0.3 is 14.4 Å². The van der Waals surface area contributed by atoms with E-state index in [1.54, 1.807) is 18.3 Å². The number of sulfonamides is 1. The predicted molar refractivity (Wildman–Crippen MR) is 165 cm³/mol. The second-order valence-corrected chi connectivity index (χ2v) is 13.9. The number of fused-ring (bicyclic) bond motifs is 1. The number of anilines is 2. The number of ether oxygens (including phenoxy) is 2. The van der Waals surface area contributed by atoms with Gasteiger partial charge in [-0.05, 0) is 81.3 Å². The molecule has 44 heavy (non-hydrogen) atoms. The second kappa shape index (κ2) is 13.3. The molecule has 0 spiro atoms. The molecule has 0 bridgehead atoms. The number of methoxy groups -OCH3 is 1. The van der Waals surface area contributed by atoms with E-state index in [4.69, 9.17) is 19.4 Å². The van der Waals surface area contributed by atoms with Crippen LogP contribution in [0.4, 0.5) is 16.0 Å². The molecule has 3 aliphatic rings. The maximum Gasteiger partial charge on any atom is 0.305 e. The summed E-state index contributed by atoms with van der Waals surface area (Å²) in [7, 11) is -2.06. The lowest BCUT2D eigenvalue weighted by atomic mass is 9.91. The van der Waals surface area contributed by atoms with Gasteiger partial charge in [-0.1, -0.05) is 0 Å². The highest BCUT2D eigenvalue weighted by Crippen LogP contribution is 2.34. The van der Waals surface area contributed by atoms with E-state index in [2.05, 4.69) is 19.5 Å². The lowest BCUT2D eigenvalue weighted by Gasteiger charge is -2.32. The molecule has 3 fully saturated rings. The molecule has 236 valence electrons. The van der Waals surface area contributed by atoms with Gasteiger partial charge in [-0.25, -0.2) is 22.8 Å². The molecule has 13 heteroatoms. The number of hydrogen-bond acceptors (Lipinski definition) is 10. The van der Waals surface area contributed by atoms with Crippen molar-refractivity contribution in [3.8, 4) is 11.3 Å². The van der Waals surface area contributed by atoms with E-state index in [9.17, 15) is 13.2 Å². The van der Waals surface area contributed by atoms with Crippen LogP contribution in [-0.2, 0) is 30.8 Å². The van der Waals surface area contributed by atoms with Crippen molar-refractivity contribution in [2.75, 3.05) is 56.1 Å². The van der Waals surface area contributed by atoms with Crippen LogP contribution < -0.4 is 9.62 Å². The molecule has 1 saturated carbocycles. The molecule has 2 aliphatic heterocycles. The number of carbonyl (C=O) groups excluding carboxylic acids is 1. The number of hydrogen-bond donors (Lipinski definition) is 1. The van der Waals surface area contributed by atoms with Crippen LogP contribution in [0, 0.1) is 11.7 Å². The SMILES string of the molecule is COC(=O)CCCC1CCN(Cc2cc(F)cc3c(-c4cncc(NS(=O)(=O)C5CC5)c4)nc(N4CCOCC4)nc23)CC1. The Morgan fingerprint density at radius 1 is 1.07 bits per heavy atom. The van der Waals surface area contributed by atoms with E-state index < -0.39 is 10.0 Å². The fraction of sp³-hybridized carbons (Fsp3) is 0.548. The van der Waals surface area contributed by atoms with Crippen LogP contribution in [0.2, 0.25) is 0 Å². The van der Waals surface area contributed by atoms with E-state index in [1.807, 2.05) is 0 Å². The van der Waals surface area contributed by atoms with Crippen LogP contribution in [-0.4, -0.2) is 86.0 Å². The van der Waals surface area contributed by atoms with Crippen molar-refractivity contribution in [3.05, 3.63) is 42.0 Å². The molecule has 0 atom stereocenters. The maximum absolute atomic E-state index is 15.2. The first kappa shape index (κ1) is 30.6. The number of halogens is 1. The van der Waals surface area contributed by atoms with Crippen LogP contribution >= 0.6 is 0 Å². The lowest BCUT2D eigenvalue weighted by molar-refractivity contribution is -0.140. The zero-order valence-electron chi connectivity index (χ0n) is 25.0. The molecule has 3 aromatic rings. The number of esters is 1. The number of benzene rings is 1. The third kappa shape index (κ3) is 7.27. The minimum absolute atomic E-state index is 0.166. The predicted octanol–water partition coefficient (Wildman–Crippen LogP) is 4.13. The Balaban J connectivity index is 1.29. The standard InChI is InChI=1S/C31H39FN6O5S/c1-42-28(39)4-2-3-21-7-9-37(10-8-21)20-23-15-24(32)17-27-29(34-31(35-30(23)27)38-11-13-43-14-12-38)22-16-25(19-33-18-22)36-44(40,41)26-5-6-26/h15-19,21,26,36H,2-14,20H2,1H3. The number of aromatic nitrogens is 3. The van der Waals surface area contributed by atoms with Gasteiger partial charge in [-0.15, -0.1) is 0 Å². The third-order valence-electron chi connectivity index (χ3n) is 8.68. The summed E-state index contributed by atoms with van der Waals surface area (Å²) in [5, 5.41) is 0.180. The van der Waals surface area contributed by atoms with Crippen molar-refractivity contribution < 1.29 is 27.1 Å². The summed E-state index contributed by atoms with van der Waals surface area (Å²) >= 11 is 0. The first-order chi connectivity index (χ1) is 21.3. The van der Waals surface area contributed by atoms with Crippen LogP contribution in [0.15, 0.2) is 30.6 Å². The quantitative estimate of drug-likeness (QED) is 0.311. The van der Waals surface area contributed by atoms with Crippen LogP contribution in [0.1, 0.15) is 50.5 Å². The maximum atomic E-state index is 15.2. The Bertz CT molecular complexity index is 1600. The molecular weight excluding hydrogens is 587 g/mol. The van der Waals surface area contributed by atoms with Crippen molar-refractivity contribution in [2.24, 2.45) is 5.92 Å². The molecule has 2 aromatic heterocycles. The molecule has 1 aliphatic carbocycles. The van der Waals surface area contributed by atoms with Gasteiger partial charge >= 0.3 is 5.97 Å². The van der Waals surface area contributed by atoms with Gasteiger partial charge in [-0.2, -0.15) is 0 Å². The molecule has 4 heterocycles. The summed E-state index contributed by atoms with van der Waals surface area (Å²) in [5.74, 6) is 0.532. The van der Waals surface area contributed by atoms with Crippen LogP contribution in [0.3, 0.4) is 0 Å². The Labute approximate surface area is 257 Å². The van der Waals surface area contributed by atoms with Gasteiger partial charge in [0.2, 0.25) is 16.0 Å². The Kier molecular flexibility index (Phi) is 9.24. The van der Waals surface area contributed by atoms with Gasteiger partial charge in [0.1, 0.15) is 5.82 Å². The number of piperidine rings is 1. The van der Waals surface area contributed by atoms with Gasteiger partial charge in [0.15, 0.2) is 0 Å². The Morgan fingerprint density at radius 3 is 2.57 bits per heavy atom. The molecule has 1 N–H and O–H groups in total. The second-order valence-electron chi connectivity index (χ2n) is 11.9. The highest BCUT2D eigenvalue weighted by molar-refractivity contribution is 7.93. The minimum atomic E-state index is -3.48. The lowest BCUT2D eigenvalue weighted by Crippen LogP contribution is -2.37. The van der Waals surface area contributed by atoms with Crippen molar-refractivity contribution in [3.63, 3.8) is 0 Å². The number of pyridine rings is 1. The molecular formula is C31H39FN6O5S. The molecule has 0 radical (unpaired) electrons. The first-order valence-corrected chi connectivity index (χ1v) is 16.9. The number of nitrogens with zero attached hydrogens (tertiary/aromatic N) is 5. The summed E-state index contributed by atoms with van der Waals surface area (Å²) in [5.41, 5.74) is 2.87. The van der Waals surface area contributed by atoms with E-state index in [-0.39, 0.29) is 17.0 Å². The molecule has 11 nitrogen and oxygen atoms in total. The largest absolute Gasteiger partial charge is 0.469 e. The van der Waals surface area contributed by atoms with Crippen molar-refractivity contribution in [1.29, 1.82) is 0 Å². The van der Waals surface area contributed by atoms with Crippen molar-refractivity contribution in [1.82, 2.24) is 19.9 Å². The number of morpholine rings is 1. The summed E-state index contributed by atoms with van der Waals surface area (Å²) in [6, 6.07) is 4.71. The summed E-state index contributed by atoms with van der Waals surface area (Å²) in [6.07, 6.45) is 8.70. The average molecular weight is 627 g/mol. The summed E-state index contributed by atoms with van der Waals surface area (Å²) < 4.78 is 53.4. The highest BCUT2D eigenvalue weighted by Gasteiger charge is 2.36. The highest BCUT2D eigenvalue weighted by atomic mass is 32.2. The Hall–Kier alpha value is -3.42. The van der Waals surface area contributed by atoms with Crippen molar-refractivity contribution >= 4 is 38.5 Å². The molecule has 0 amide bonds. The average Bonchev–Trinajstić information content (AvgIpc) is 3.89. The fourth-order valence-corrected chi connectivity index (χ4v) is 7.42. The number of likely N-dealkylation sites (tertiary alicyclic amines) is 1. The minimum Gasteiger partial charge on any atom is -0.469 e. The van der Waals surface area contributed by atoms with Gasteiger partial charge in [0, 0.05) is 43.2 Å². The van der Waals surface area contributed by atoms with Gasteiger partial charge in [0.05, 0.1) is 48.7 Å². The smallest absolute Gasteiger partial charge is 0.305 e. The van der Waals surface area contributed by atoms with E-state index >= 15 is 4.39 Å². The van der Waals surface area contributed by atoms with Crippen LogP contribution in [0.25, 0.3) is 22.2 Å². The van der Waals surface area contributed by atoms with Crippen LogP contribution in [0.5, 0.6) is 0 Å². The fourth-order valence-electron chi connectivity index (χ4n) is 6.06. The van der Waals surface area contributed by atoms with Crippen molar-refractivity contribution in [2.45, 2.75) is 56.7 Å². The molecule has 2 saturated heterocycles. The number of nitrogens with one attached hydrogen (secondary N) is 1. The number of carbonyl (C=O) groups is 1. The van der Waals surface area contributed by atoms with E-state index in [0.29, 0.717) is 91.8 Å². The monoisotopic (exact) mass is 626 g/mol. The zero-order valence-corrected chi connectivity index (χ0v) is 25.8.